The number of likely N-dealkylation sites (tertiary alicyclic amines) is 1. The highest BCUT2D eigenvalue weighted by Gasteiger charge is 2.27. The molecule has 92 valence electrons. The third kappa shape index (κ3) is 3.37. The van der Waals surface area contributed by atoms with Gasteiger partial charge in [0.2, 0.25) is 11.8 Å². The van der Waals surface area contributed by atoms with Crippen molar-refractivity contribution in [3.63, 3.8) is 0 Å². The van der Waals surface area contributed by atoms with Gasteiger partial charge in [-0.25, -0.2) is 0 Å². The van der Waals surface area contributed by atoms with Crippen molar-refractivity contribution in [2.75, 3.05) is 32.1 Å². The van der Waals surface area contributed by atoms with Gasteiger partial charge in [-0.15, -0.1) is 11.6 Å². The number of carbonyl (C=O) groups is 2. The van der Waals surface area contributed by atoms with E-state index in [0.717, 1.165) is 32.6 Å². The number of alkyl halides is 1. The predicted molar refractivity (Wildman–Crippen MR) is 63.3 cm³/mol. The van der Waals surface area contributed by atoms with Crippen molar-refractivity contribution in [3.05, 3.63) is 0 Å². The molecule has 1 saturated heterocycles. The van der Waals surface area contributed by atoms with Gasteiger partial charge < -0.3 is 9.80 Å². The first kappa shape index (κ1) is 13.3. The van der Waals surface area contributed by atoms with Crippen LogP contribution in [0.3, 0.4) is 0 Å². The summed E-state index contributed by atoms with van der Waals surface area (Å²) in [4.78, 5) is 26.2. The molecule has 1 atom stereocenters. The number of hydrogen-bond acceptors (Lipinski definition) is 2. The van der Waals surface area contributed by atoms with Gasteiger partial charge in [0, 0.05) is 33.1 Å². The molecule has 2 amide bonds. The van der Waals surface area contributed by atoms with Crippen LogP contribution in [0.25, 0.3) is 0 Å². The first-order chi connectivity index (χ1) is 7.58. The topological polar surface area (TPSA) is 40.6 Å². The maximum Gasteiger partial charge on any atom is 0.237 e. The predicted octanol–water partition coefficient (Wildman–Crippen LogP) is 0.942. The molecule has 16 heavy (non-hydrogen) atoms. The van der Waals surface area contributed by atoms with Crippen molar-refractivity contribution in [3.8, 4) is 0 Å². The largest absolute Gasteiger partial charge is 0.343 e. The maximum atomic E-state index is 11.4. The van der Waals surface area contributed by atoms with Crippen LogP contribution in [0.4, 0.5) is 0 Å². The van der Waals surface area contributed by atoms with Gasteiger partial charge in [-0.05, 0) is 19.3 Å². The highest BCUT2D eigenvalue weighted by molar-refractivity contribution is 6.27. The fourth-order valence-corrected chi connectivity index (χ4v) is 2.25. The minimum Gasteiger partial charge on any atom is -0.343 e. The summed E-state index contributed by atoms with van der Waals surface area (Å²) in [5.74, 6) is 0.548. The van der Waals surface area contributed by atoms with Crippen LogP contribution >= 0.6 is 11.6 Å². The standard InChI is InChI=1S/C11H19ClN2O2/c1-3-13(9(2)15)7-10-4-5-14(8-10)11(16)6-12/h10H,3-8H2,1-2H3. The normalized spacial score (nSPS) is 19.9. The fourth-order valence-electron chi connectivity index (χ4n) is 2.08. The Morgan fingerprint density at radius 3 is 2.69 bits per heavy atom. The van der Waals surface area contributed by atoms with Crippen molar-refractivity contribution in [1.29, 1.82) is 0 Å². The van der Waals surface area contributed by atoms with Crippen molar-refractivity contribution in [2.24, 2.45) is 5.92 Å². The van der Waals surface area contributed by atoms with Gasteiger partial charge >= 0.3 is 0 Å². The molecular formula is C11H19ClN2O2. The molecule has 1 aliphatic heterocycles. The molecular weight excluding hydrogens is 228 g/mol. The molecule has 4 nitrogen and oxygen atoms in total. The zero-order valence-electron chi connectivity index (χ0n) is 9.91. The second kappa shape index (κ2) is 6.09. The minimum absolute atomic E-state index is 0.00459. The van der Waals surface area contributed by atoms with Gasteiger partial charge in [0.15, 0.2) is 0 Å². The quantitative estimate of drug-likeness (QED) is 0.693. The summed E-state index contributed by atoms with van der Waals surface area (Å²) in [6.07, 6.45) is 0.965. The van der Waals surface area contributed by atoms with Crippen molar-refractivity contribution >= 4 is 23.4 Å². The lowest BCUT2D eigenvalue weighted by molar-refractivity contribution is -0.129. The minimum atomic E-state index is -0.00459. The van der Waals surface area contributed by atoms with Crippen LogP contribution in [0.2, 0.25) is 0 Å². The lowest BCUT2D eigenvalue weighted by Gasteiger charge is -2.23. The molecule has 0 bridgehead atoms. The molecule has 0 aromatic carbocycles. The molecule has 0 aliphatic carbocycles. The molecule has 0 aromatic rings. The summed E-state index contributed by atoms with van der Waals surface area (Å²) in [6, 6.07) is 0. The molecule has 0 N–H and O–H groups in total. The lowest BCUT2D eigenvalue weighted by atomic mass is 10.1. The summed E-state index contributed by atoms with van der Waals surface area (Å²) in [6.45, 7) is 6.53. The Kier molecular flexibility index (Phi) is 5.06. The summed E-state index contributed by atoms with van der Waals surface area (Å²) in [5.41, 5.74) is 0. The number of halogens is 1. The molecule has 1 aliphatic rings. The Labute approximate surface area is 102 Å². The summed E-state index contributed by atoms with van der Waals surface area (Å²) >= 11 is 5.51. The second-order valence-corrected chi connectivity index (χ2v) is 4.45. The van der Waals surface area contributed by atoms with E-state index in [0.29, 0.717) is 5.92 Å². The second-order valence-electron chi connectivity index (χ2n) is 4.19. The Hall–Kier alpha value is -0.770. The molecule has 1 rings (SSSR count). The Morgan fingerprint density at radius 1 is 1.50 bits per heavy atom. The third-order valence-corrected chi connectivity index (χ3v) is 3.29. The van der Waals surface area contributed by atoms with Gasteiger partial charge in [0.25, 0.3) is 0 Å². The van der Waals surface area contributed by atoms with Gasteiger partial charge in [0.1, 0.15) is 5.88 Å². The zero-order valence-corrected chi connectivity index (χ0v) is 10.7. The molecule has 0 saturated carbocycles. The van der Waals surface area contributed by atoms with E-state index in [2.05, 4.69) is 0 Å². The van der Waals surface area contributed by atoms with Crippen molar-refractivity contribution in [2.45, 2.75) is 20.3 Å². The highest BCUT2D eigenvalue weighted by atomic mass is 35.5. The Morgan fingerprint density at radius 2 is 2.19 bits per heavy atom. The SMILES string of the molecule is CCN(CC1CCN(C(=O)CCl)C1)C(C)=O. The van der Waals surface area contributed by atoms with Crippen LogP contribution in [0.15, 0.2) is 0 Å². The number of carbonyl (C=O) groups excluding carboxylic acids is 2. The Balaban J connectivity index is 2.41. The van der Waals surface area contributed by atoms with Crippen molar-refractivity contribution in [1.82, 2.24) is 9.80 Å². The number of nitrogens with zero attached hydrogens (tertiary/aromatic N) is 2. The van der Waals surface area contributed by atoms with E-state index in [1.54, 1.807) is 11.8 Å². The molecule has 1 unspecified atom stereocenters. The van der Waals surface area contributed by atoms with Crippen LogP contribution in [0.5, 0.6) is 0 Å². The van der Waals surface area contributed by atoms with Gasteiger partial charge in [-0.1, -0.05) is 0 Å². The lowest BCUT2D eigenvalue weighted by Crippen LogP contribution is -2.35. The summed E-state index contributed by atoms with van der Waals surface area (Å²) in [7, 11) is 0. The van der Waals surface area contributed by atoms with Crippen LogP contribution in [-0.2, 0) is 9.59 Å². The third-order valence-electron chi connectivity index (χ3n) is 3.06. The van der Waals surface area contributed by atoms with Crippen LogP contribution in [-0.4, -0.2) is 53.7 Å². The highest BCUT2D eigenvalue weighted by Crippen LogP contribution is 2.17. The van der Waals surface area contributed by atoms with E-state index in [-0.39, 0.29) is 17.7 Å². The molecule has 5 heteroatoms. The number of amides is 2. The van der Waals surface area contributed by atoms with Gasteiger partial charge in [-0.2, -0.15) is 0 Å². The fraction of sp³-hybridized carbons (Fsp3) is 0.818. The summed E-state index contributed by atoms with van der Waals surface area (Å²) in [5, 5.41) is 0. The zero-order chi connectivity index (χ0) is 12.1. The van der Waals surface area contributed by atoms with E-state index in [9.17, 15) is 9.59 Å². The van der Waals surface area contributed by atoms with E-state index < -0.39 is 0 Å². The molecule has 0 aromatic heterocycles. The monoisotopic (exact) mass is 246 g/mol. The smallest absolute Gasteiger partial charge is 0.237 e. The first-order valence-corrected chi connectivity index (χ1v) is 6.21. The first-order valence-electron chi connectivity index (χ1n) is 5.67. The summed E-state index contributed by atoms with van der Waals surface area (Å²) < 4.78 is 0. The van der Waals surface area contributed by atoms with E-state index >= 15 is 0 Å². The van der Waals surface area contributed by atoms with E-state index in [1.807, 2.05) is 11.8 Å². The van der Waals surface area contributed by atoms with Gasteiger partial charge in [0.05, 0.1) is 0 Å². The molecule has 1 fully saturated rings. The van der Waals surface area contributed by atoms with Crippen LogP contribution in [0, 0.1) is 5.92 Å². The maximum absolute atomic E-state index is 11.4. The van der Waals surface area contributed by atoms with E-state index in [4.69, 9.17) is 11.6 Å². The van der Waals surface area contributed by atoms with E-state index in [1.165, 1.54) is 0 Å². The average molecular weight is 247 g/mol. The molecule has 0 spiro atoms. The van der Waals surface area contributed by atoms with Crippen LogP contribution in [0.1, 0.15) is 20.3 Å². The number of hydrogen-bond donors (Lipinski definition) is 0. The van der Waals surface area contributed by atoms with Crippen molar-refractivity contribution < 1.29 is 9.59 Å². The average Bonchev–Trinajstić information content (AvgIpc) is 2.72. The number of rotatable bonds is 4. The molecule has 1 heterocycles. The molecule has 0 radical (unpaired) electrons. The van der Waals surface area contributed by atoms with Crippen LogP contribution < -0.4 is 0 Å². The van der Waals surface area contributed by atoms with Gasteiger partial charge in [-0.3, -0.25) is 9.59 Å². The Bertz CT molecular complexity index is 271.